The van der Waals surface area contributed by atoms with E-state index in [0.717, 1.165) is 38.5 Å². The first-order valence-corrected chi connectivity index (χ1v) is 9.97. The molecule has 0 unspecified atom stereocenters. The third-order valence-electron chi connectivity index (χ3n) is 3.38. The molecule has 0 aliphatic carbocycles. The maximum absolute atomic E-state index is 9.76. The minimum atomic E-state index is -0.708. The minimum Gasteiger partial charge on any atom is -0.481 e. The number of carboxylic acid groups (broad SMARTS) is 3. The van der Waals surface area contributed by atoms with Crippen LogP contribution in [0.2, 0.25) is 0 Å². The van der Waals surface area contributed by atoms with Crippen molar-refractivity contribution in [1.82, 2.24) is 0 Å². The van der Waals surface area contributed by atoms with Crippen LogP contribution in [0.4, 0.5) is 0 Å². The van der Waals surface area contributed by atoms with Crippen LogP contribution in [0.3, 0.4) is 0 Å². The van der Waals surface area contributed by atoms with E-state index in [9.17, 15) is 14.4 Å². The number of aliphatic carboxylic acids is 3. The number of hydrogen-bond acceptors (Lipinski definition) is 6. The highest BCUT2D eigenvalue weighted by Gasteiger charge is 2.20. The molecule has 9 heteroatoms. The summed E-state index contributed by atoms with van der Waals surface area (Å²) in [5.41, 5.74) is -0.708. The van der Waals surface area contributed by atoms with Crippen LogP contribution in [0.25, 0.3) is 0 Å². The molecule has 0 radical (unpaired) electrons. The molecule has 0 rings (SSSR count). The molecule has 0 aliphatic rings. The Labute approximate surface area is 174 Å². The van der Waals surface area contributed by atoms with Crippen molar-refractivity contribution >= 4 is 17.9 Å². The van der Waals surface area contributed by atoms with E-state index in [0.29, 0.717) is 19.3 Å². The lowest BCUT2D eigenvalue weighted by molar-refractivity contribution is -0.138. The zero-order valence-corrected chi connectivity index (χ0v) is 18.4. The molecule has 0 fully saturated rings. The molecule has 0 aromatic heterocycles. The summed E-state index contributed by atoms with van der Waals surface area (Å²) in [6.45, 7) is 6.99. The van der Waals surface area contributed by atoms with Gasteiger partial charge >= 0.3 is 17.9 Å². The third kappa shape index (κ3) is 41.7. The Balaban J connectivity index is -0.000000144. The molecule has 0 bridgehead atoms. The lowest BCUT2D eigenvalue weighted by Gasteiger charge is -2.20. The Morgan fingerprint density at radius 1 is 0.586 bits per heavy atom. The smallest absolute Gasteiger partial charge is 0.303 e. The van der Waals surface area contributed by atoms with E-state index < -0.39 is 23.3 Å². The predicted octanol–water partition coefficient (Wildman–Crippen LogP) is 2.75. The zero-order valence-electron chi connectivity index (χ0n) is 18.4. The SMILES string of the molecule is CC(CO)(CO)CO.CCCCC(=O)O.CCCCC(=O)O.CCCCC(=O)O. The van der Waals surface area contributed by atoms with Crippen LogP contribution < -0.4 is 0 Å². The maximum atomic E-state index is 9.76. The topological polar surface area (TPSA) is 173 Å². The van der Waals surface area contributed by atoms with E-state index >= 15 is 0 Å². The standard InChI is InChI=1S/C5H12O3.3C5H10O2/c1-5(2-6,3-7)4-8;3*1-2-3-4-5(6)7/h6-8H,2-4H2,1H3;3*2-4H2,1H3,(H,6,7). The molecule has 6 N–H and O–H groups in total. The van der Waals surface area contributed by atoms with Gasteiger partial charge in [-0.3, -0.25) is 14.4 Å². The molecular formula is C20H42O9. The van der Waals surface area contributed by atoms with Gasteiger partial charge in [-0.2, -0.15) is 0 Å². The Bertz CT molecular complexity index is 329. The lowest BCUT2D eigenvalue weighted by Crippen LogP contribution is -2.29. The summed E-state index contributed by atoms with van der Waals surface area (Å²) >= 11 is 0. The average Bonchev–Trinajstić information content (AvgIpc) is 2.69. The quantitative estimate of drug-likeness (QED) is 0.274. The number of hydrogen-bond donors (Lipinski definition) is 6. The zero-order chi connectivity index (χ0) is 23.7. The monoisotopic (exact) mass is 426 g/mol. The van der Waals surface area contributed by atoms with Crippen molar-refractivity contribution in [3.05, 3.63) is 0 Å². The van der Waals surface area contributed by atoms with Gasteiger partial charge in [-0.25, -0.2) is 0 Å². The summed E-state index contributed by atoms with van der Waals surface area (Å²) in [6.07, 6.45) is 6.24. The maximum Gasteiger partial charge on any atom is 0.303 e. The van der Waals surface area contributed by atoms with Crippen LogP contribution in [0.5, 0.6) is 0 Å². The number of rotatable bonds is 12. The Morgan fingerprint density at radius 3 is 0.828 bits per heavy atom. The van der Waals surface area contributed by atoms with Crippen LogP contribution in [-0.4, -0.2) is 68.4 Å². The van der Waals surface area contributed by atoms with Crippen molar-refractivity contribution in [3.8, 4) is 0 Å². The van der Waals surface area contributed by atoms with Crippen molar-refractivity contribution in [2.45, 2.75) is 85.5 Å². The van der Waals surface area contributed by atoms with E-state index in [1.807, 2.05) is 20.8 Å². The van der Waals surface area contributed by atoms with Gasteiger partial charge in [0.1, 0.15) is 0 Å². The van der Waals surface area contributed by atoms with E-state index in [2.05, 4.69) is 0 Å². The van der Waals surface area contributed by atoms with Crippen LogP contribution in [0.15, 0.2) is 0 Å². The van der Waals surface area contributed by atoms with Gasteiger partial charge in [0.25, 0.3) is 0 Å². The highest BCUT2D eigenvalue weighted by molar-refractivity contribution is 5.67. The van der Waals surface area contributed by atoms with Crippen molar-refractivity contribution < 1.29 is 45.0 Å². The highest BCUT2D eigenvalue weighted by Crippen LogP contribution is 2.10. The summed E-state index contributed by atoms with van der Waals surface area (Å²) in [5, 5.41) is 49.5. The normalized spacial score (nSPS) is 9.62. The van der Waals surface area contributed by atoms with E-state index in [1.165, 1.54) is 0 Å². The van der Waals surface area contributed by atoms with Crippen LogP contribution >= 0.6 is 0 Å². The molecule has 9 nitrogen and oxygen atoms in total. The highest BCUT2D eigenvalue weighted by atomic mass is 16.4. The first kappa shape index (κ1) is 34.8. The van der Waals surface area contributed by atoms with Crippen molar-refractivity contribution in [2.75, 3.05) is 19.8 Å². The molecule has 0 saturated heterocycles. The summed E-state index contributed by atoms with van der Waals surface area (Å²) in [4.78, 5) is 29.3. The first-order valence-electron chi connectivity index (χ1n) is 9.97. The third-order valence-corrected chi connectivity index (χ3v) is 3.38. The van der Waals surface area contributed by atoms with Gasteiger partial charge in [0.2, 0.25) is 0 Å². The average molecular weight is 427 g/mol. The molecule has 29 heavy (non-hydrogen) atoms. The van der Waals surface area contributed by atoms with Gasteiger partial charge in [0.05, 0.1) is 19.8 Å². The molecule has 0 spiro atoms. The molecule has 0 heterocycles. The van der Waals surface area contributed by atoms with Crippen molar-refractivity contribution in [1.29, 1.82) is 0 Å². The Hall–Kier alpha value is -1.71. The minimum absolute atomic E-state index is 0.181. The molecule has 0 atom stereocenters. The van der Waals surface area contributed by atoms with Gasteiger partial charge in [-0.05, 0) is 19.3 Å². The number of unbranched alkanes of at least 4 members (excludes halogenated alkanes) is 3. The molecule has 0 aromatic carbocycles. The second-order valence-electron chi connectivity index (χ2n) is 6.78. The van der Waals surface area contributed by atoms with Crippen LogP contribution in [-0.2, 0) is 14.4 Å². The Morgan fingerprint density at radius 2 is 0.793 bits per heavy atom. The van der Waals surface area contributed by atoms with E-state index in [-0.39, 0.29) is 19.8 Å². The van der Waals surface area contributed by atoms with Gasteiger partial charge in [-0.15, -0.1) is 0 Å². The van der Waals surface area contributed by atoms with E-state index in [1.54, 1.807) is 6.92 Å². The second kappa shape index (κ2) is 26.3. The predicted molar refractivity (Wildman–Crippen MR) is 111 cm³/mol. The number of aliphatic hydroxyl groups is 3. The molecule has 0 aliphatic heterocycles. The van der Waals surface area contributed by atoms with Crippen LogP contribution in [0, 0.1) is 5.41 Å². The van der Waals surface area contributed by atoms with E-state index in [4.69, 9.17) is 30.6 Å². The van der Waals surface area contributed by atoms with Gasteiger partial charge < -0.3 is 30.6 Å². The number of aliphatic hydroxyl groups excluding tert-OH is 3. The molecule has 176 valence electrons. The first-order chi connectivity index (χ1) is 13.5. The summed E-state index contributed by atoms with van der Waals surface area (Å²) in [6, 6.07) is 0. The molecule has 0 aromatic rings. The summed E-state index contributed by atoms with van der Waals surface area (Å²) in [7, 11) is 0. The van der Waals surface area contributed by atoms with Crippen LogP contribution in [0.1, 0.15) is 85.5 Å². The fraction of sp³-hybridized carbons (Fsp3) is 0.850. The van der Waals surface area contributed by atoms with Gasteiger partial charge in [0.15, 0.2) is 0 Å². The fourth-order valence-corrected chi connectivity index (χ4v) is 1.13. The molecular weight excluding hydrogens is 384 g/mol. The lowest BCUT2D eigenvalue weighted by atomic mass is 9.95. The second-order valence-corrected chi connectivity index (χ2v) is 6.78. The number of carboxylic acids is 3. The summed E-state index contributed by atoms with van der Waals surface area (Å²) < 4.78 is 0. The fourth-order valence-electron chi connectivity index (χ4n) is 1.13. The van der Waals surface area contributed by atoms with Gasteiger partial charge in [0, 0.05) is 24.7 Å². The van der Waals surface area contributed by atoms with Crippen molar-refractivity contribution in [2.24, 2.45) is 5.41 Å². The van der Waals surface area contributed by atoms with Gasteiger partial charge in [-0.1, -0.05) is 47.0 Å². The molecule has 0 amide bonds. The number of carbonyl (C=O) groups is 3. The Kier molecular flexibility index (Phi) is 31.5. The largest absolute Gasteiger partial charge is 0.481 e. The molecule has 0 saturated carbocycles. The van der Waals surface area contributed by atoms with Crippen molar-refractivity contribution in [3.63, 3.8) is 0 Å². The summed E-state index contributed by atoms with van der Waals surface area (Å²) in [5.74, 6) is -2.08.